The predicted octanol–water partition coefficient (Wildman–Crippen LogP) is 0.465. The van der Waals surface area contributed by atoms with Crippen molar-refractivity contribution < 1.29 is 19.8 Å². The Balaban J connectivity index is 1.52. The maximum Gasteiger partial charge on any atom is 0.277 e. The van der Waals surface area contributed by atoms with Crippen molar-refractivity contribution in [1.29, 1.82) is 0 Å². The minimum atomic E-state index is -0.654. The van der Waals surface area contributed by atoms with Crippen molar-refractivity contribution in [2.45, 2.75) is 12.1 Å². The van der Waals surface area contributed by atoms with E-state index in [0.29, 0.717) is 32.2 Å². The number of anilines is 1. The number of aromatic nitrogens is 2. The number of morpholine rings is 1. The second kappa shape index (κ2) is 10.6. The minimum Gasteiger partial charge on any atom is -0.394 e. The van der Waals surface area contributed by atoms with Crippen molar-refractivity contribution in [1.82, 2.24) is 20.8 Å². The lowest BCUT2D eigenvalue weighted by Crippen LogP contribution is -2.49. The molecule has 1 aliphatic rings. The number of aliphatic hydroxyl groups excluding tert-OH is 1. The van der Waals surface area contributed by atoms with Crippen LogP contribution < -0.4 is 15.7 Å². The number of rotatable bonds is 8. The molecule has 1 fully saturated rings. The number of ether oxygens (including phenoxy) is 1. The highest BCUT2D eigenvalue weighted by atomic mass is 16.5. The SMILES string of the molecule is O=C(NO)c1cnc(N2CCOC(CNC(/C=C/c3ccccc3)CO)C2)nc1. The molecule has 0 aliphatic carbocycles. The van der Waals surface area contributed by atoms with Crippen LogP contribution in [0.15, 0.2) is 48.8 Å². The van der Waals surface area contributed by atoms with E-state index in [1.807, 2.05) is 47.4 Å². The Labute approximate surface area is 169 Å². The number of hydroxylamine groups is 1. The van der Waals surface area contributed by atoms with E-state index < -0.39 is 5.91 Å². The summed E-state index contributed by atoms with van der Waals surface area (Å²) in [5, 5.41) is 21.6. The van der Waals surface area contributed by atoms with Crippen LogP contribution in [-0.2, 0) is 4.74 Å². The molecule has 0 bridgehead atoms. The lowest BCUT2D eigenvalue weighted by molar-refractivity contribution is 0.0383. The number of amides is 1. The number of aliphatic hydroxyl groups is 1. The lowest BCUT2D eigenvalue weighted by atomic mass is 10.1. The predicted molar refractivity (Wildman–Crippen MR) is 108 cm³/mol. The third-order valence-corrected chi connectivity index (χ3v) is 4.55. The van der Waals surface area contributed by atoms with E-state index in [9.17, 15) is 9.90 Å². The van der Waals surface area contributed by atoms with Crippen LogP contribution in [-0.4, -0.2) is 71.2 Å². The molecular formula is C20H25N5O4. The average molecular weight is 399 g/mol. The first kappa shape index (κ1) is 20.9. The van der Waals surface area contributed by atoms with Crippen molar-refractivity contribution in [2.75, 3.05) is 37.7 Å². The molecule has 0 radical (unpaired) electrons. The van der Waals surface area contributed by atoms with Crippen LogP contribution in [0, 0.1) is 0 Å². The van der Waals surface area contributed by atoms with Gasteiger partial charge in [-0.1, -0.05) is 42.5 Å². The van der Waals surface area contributed by atoms with E-state index in [2.05, 4.69) is 15.3 Å². The quantitative estimate of drug-likeness (QED) is 0.373. The lowest BCUT2D eigenvalue weighted by Gasteiger charge is -2.33. The molecule has 1 aliphatic heterocycles. The van der Waals surface area contributed by atoms with Crippen LogP contribution in [0.3, 0.4) is 0 Å². The van der Waals surface area contributed by atoms with Gasteiger partial charge < -0.3 is 20.1 Å². The highest BCUT2D eigenvalue weighted by Crippen LogP contribution is 2.13. The molecule has 4 N–H and O–H groups in total. The Morgan fingerprint density at radius 1 is 1.31 bits per heavy atom. The van der Waals surface area contributed by atoms with Gasteiger partial charge in [0, 0.05) is 38.1 Å². The molecule has 3 rings (SSSR count). The number of carbonyl (C=O) groups is 1. The molecule has 1 aromatic carbocycles. The fraction of sp³-hybridized carbons (Fsp3) is 0.350. The van der Waals surface area contributed by atoms with E-state index in [0.717, 1.165) is 5.56 Å². The normalized spacial score (nSPS) is 18.0. The molecule has 154 valence electrons. The molecule has 29 heavy (non-hydrogen) atoms. The summed E-state index contributed by atoms with van der Waals surface area (Å²) in [5.41, 5.74) is 2.81. The summed E-state index contributed by atoms with van der Waals surface area (Å²) in [6, 6.07) is 9.73. The Morgan fingerprint density at radius 2 is 2.07 bits per heavy atom. The smallest absolute Gasteiger partial charge is 0.277 e. The van der Waals surface area contributed by atoms with Crippen molar-refractivity contribution in [2.24, 2.45) is 0 Å². The van der Waals surface area contributed by atoms with Crippen LogP contribution in [0.25, 0.3) is 6.08 Å². The number of nitrogens with zero attached hydrogens (tertiary/aromatic N) is 3. The van der Waals surface area contributed by atoms with Crippen molar-refractivity contribution >= 4 is 17.9 Å². The zero-order valence-electron chi connectivity index (χ0n) is 15.9. The summed E-state index contributed by atoms with van der Waals surface area (Å²) in [6.45, 7) is 2.29. The Morgan fingerprint density at radius 3 is 2.76 bits per heavy atom. The number of hydrogen-bond acceptors (Lipinski definition) is 8. The van der Waals surface area contributed by atoms with Gasteiger partial charge >= 0.3 is 0 Å². The number of benzene rings is 1. The first-order valence-corrected chi connectivity index (χ1v) is 9.40. The highest BCUT2D eigenvalue weighted by molar-refractivity contribution is 5.92. The minimum absolute atomic E-state index is 0.0166. The number of nitrogens with one attached hydrogen (secondary N) is 2. The topological polar surface area (TPSA) is 120 Å². The van der Waals surface area contributed by atoms with E-state index in [1.54, 1.807) is 5.48 Å². The molecule has 2 atom stereocenters. The third kappa shape index (κ3) is 6.06. The number of carbonyl (C=O) groups excluding carboxylic acids is 1. The molecular weight excluding hydrogens is 374 g/mol. The van der Waals surface area contributed by atoms with Gasteiger partial charge in [-0.15, -0.1) is 0 Å². The number of hydrogen-bond donors (Lipinski definition) is 4. The maximum absolute atomic E-state index is 11.4. The monoisotopic (exact) mass is 399 g/mol. The second-order valence-electron chi connectivity index (χ2n) is 6.62. The largest absolute Gasteiger partial charge is 0.394 e. The molecule has 2 unspecified atom stereocenters. The maximum atomic E-state index is 11.4. The standard InChI is InChI=1S/C20H25N5O4/c26-14-17(7-6-15-4-2-1-3-5-15)21-12-18-13-25(8-9-29-18)20-22-10-16(11-23-20)19(27)24-28/h1-7,10-11,17-18,21,26,28H,8-9,12-14H2,(H,24,27)/b7-6+. The van der Waals surface area contributed by atoms with Gasteiger partial charge in [0.15, 0.2) is 0 Å². The first-order chi connectivity index (χ1) is 14.2. The second-order valence-corrected chi connectivity index (χ2v) is 6.62. The average Bonchev–Trinajstić information content (AvgIpc) is 2.79. The van der Waals surface area contributed by atoms with Gasteiger partial charge in [-0.2, -0.15) is 0 Å². The highest BCUT2D eigenvalue weighted by Gasteiger charge is 2.23. The van der Waals surface area contributed by atoms with E-state index in [-0.39, 0.29) is 24.3 Å². The summed E-state index contributed by atoms with van der Waals surface area (Å²) in [4.78, 5) is 21.7. The fourth-order valence-electron chi connectivity index (χ4n) is 2.96. The van der Waals surface area contributed by atoms with Gasteiger partial charge in [-0.3, -0.25) is 10.0 Å². The van der Waals surface area contributed by atoms with Crippen LogP contribution in [0.2, 0.25) is 0 Å². The summed E-state index contributed by atoms with van der Waals surface area (Å²) in [5.74, 6) is -0.158. The summed E-state index contributed by atoms with van der Waals surface area (Å²) >= 11 is 0. The zero-order chi connectivity index (χ0) is 20.5. The molecule has 9 nitrogen and oxygen atoms in total. The Bertz CT molecular complexity index is 800. The third-order valence-electron chi connectivity index (χ3n) is 4.55. The zero-order valence-corrected chi connectivity index (χ0v) is 15.9. The summed E-state index contributed by atoms with van der Waals surface area (Å²) < 4.78 is 5.80. The first-order valence-electron chi connectivity index (χ1n) is 9.40. The molecule has 1 aromatic heterocycles. The van der Waals surface area contributed by atoms with Crippen molar-refractivity contribution in [3.05, 3.63) is 59.9 Å². The summed E-state index contributed by atoms with van der Waals surface area (Å²) in [7, 11) is 0. The van der Waals surface area contributed by atoms with E-state index in [1.165, 1.54) is 12.4 Å². The molecule has 0 saturated carbocycles. The summed E-state index contributed by atoms with van der Waals surface area (Å²) in [6.07, 6.45) is 6.55. The fourth-order valence-corrected chi connectivity index (χ4v) is 2.96. The van der Waals surface area contributed by atoms with Gasteiger partial charge in [-0.05, 0) is 5.56 Å². The Hall–Kier alpha value is -2.85. The molecule has 1 saturated heterocycles. The van der Waals surface area contributed by atoms with E-state index in [4.69, 9.17) is 9.94 Å². The molecule has 9 heteroatoms. The van der Waals surface area contributed by atoms with Crippen LogP contribution in [0.1, 0.15) is 15.9 Å². The van der Waals surface area contributed by atoms with Gasteiger partial charge in [-0.25, -0.2) is 15.4 Å². The molecule has 1 amide bonds. The van der Waals surface area contributed by atoms with Crippen LogP contribution in [0.5, 0.6) is 0 Å². The van der Waals surface area contributed by atoms with Crippen molar-refractivity contribution in [3.8, 4) is 0 Å². The molecule has 2 aromatic rings. The molecule has 0 spiro atoms. The van der Waals surface area contributed by atoms with Gasteiger partial charge in [0.2, 0.25) is 5.95 Å². The van der Waals surface area contributed by atoms with E-state index >= 15 is 0 Å². The van der Waals surface area contributed by atoms with Crippen LogP contribution >= 0.6 is 0 Å². The van der Waals surface area contributed by atoms with Gasteiger partial charge in [0.05, 0.1) is 24.9 Å². The van der Waals surface area contributed by atoms with Crippen LogP contribution in [0.4, 0.5) is 5.95 Å². The van der Waals surface area contributed by atoms with Gasteiger partial charge in [0.1, 0.15) is 0 Å². The molecule has 2 heterocycles. The van der Waals surface area contributed by atoms with Gasteiger partial charge in [0.25, 0.3) is 5.91 Å². The van der Waals surface area contributed by atoms with Crippen molar-refractivity contribution in [3.63, 3.8) is 0 Å². The Kier molecular flexibility index (Phi) is 7.65.